The number of halogens is 1. The Kier molecular flexibility index (Phi) is 5.07. The van der Waals surface area contributed by atoms with Crippen LogP contribution in [-0.2, 0) is 14.6 Å². The van der Waals surface area contributed by atoms with Crippen molar-refractivity contribution in [3.8, 4) is 6.07 Å². The highest BCUT2D eigenvalue weighted by Gasteiger charge is 2.38. The molecule has 2 aromatic rings. The second-order valence-corrected chi connectivity index (χ2v) is 9.32. The molecule has 148 valence electrons. The zero-order chi connectivity index (χ0) is 20.6. The number of nitriles is 1. The topological polar surface area (TPSA) is 81.5 Å². The molecule has 1 amide bonds. The number of anilines is 2. The lowest BCUT2D eigenvalue weighted by molar-refractivity contribution is -0.127. The van der Waals surface area contributed by atoms with E-state index in [1.165, 1.54) is 18.3 Å². The van der Waals surface area contributed by atoms with E-state index in [1.54, 1.807) is 40.1 Å². The van der Waals surface area contributed by atoms with Gasteiger partial charge in [0.2, 0.25) is 9.84 Å². The minimum absolute atomic E-state index is 0.0205. The van der Waals surface area contributed by atoms with Crippen LogP contribution in [0.2, 0.25) is 5.02 Å². The van der Waals surface area contributed by atoms with E-state index in [-0.39, 0.29) is 9.80 Å². The molecule has 2 aliphatic heterocycles. The van der Waals surface area contributed by atoms with Gasteiger partial charge in [0.25, 0.3) is 5.91 Å². The molecule has 4 rings (SSSR count). The number of piperidine rings is 1. The van der Waals surface area contributed by atoms with Crippen LogP contribution in [-0.4, -0.2) is 32.3 Å². The van der Waals surface area contributed by atoms with Crippen LogP contribution in [0.25, 0.3) is 0 Å². The van der Waals surface area contributed by atoms with E-state index in [1.807, 2.05) is 0 Å². The molecule has 0 radical (unpaired) electrons. The van der Waals surface area contributed by atoms with Gasteiger partial charge in [0.1, 0.15) is 0 Å². The average Bonchev–Trinajstić information content (AvgIpc) is 2.74. The number of carbonyl (C=O) groups excluding carboxylic acids is 1. The van der Waals surface area contributed by atoms with Gasteiger partial charge in [-0.05, 0) is 55.7 Å². The van der Waals surface area contributed by atoms with Crippen molar-refractivity contribution in [2.24, 2.45) is 0 Å². The largest absolute Gasteiger partial charge is 0.338 e. The van der Waals surface area contributed by atoms with Gasteiger partial charge in [0, 0.05) is 30.0 Å². The van der Waals surface area contributed by atoms with Crippen molar-refractivity contribution in [2.75, 3.05) is 18.0 Å². The van der Waals surface area contributed by atoms with E-state index < -0.39 is 15.7 Å². The summed E-state index contributed by atoms with van der Waals surface area (Å²) in [7, 11) is -4.00. The van der Waals surface area contributed by atoms with E-state index in [2.05, 4.69) is 6.07 Å². The number of hydrogen-bond donors (Lipinski definition) is 0. The van der Waals surface area contributed by atoms with Gasteiger partial charge in [-0.2, -0.15) is 5.26 Å². The van der Waals surface area contributed by atoms with Gasteiger partial charge in [0.05, 0.1) is 22.2 Å². The molecule has 29 heavy (non-hydrogen) atoms. The quantitative estimate of drug-likeness (QED) is 0.723. The smallest absolute Gasteiger partial charge is 0.267 e. The van der Waals surface area contributed by atoms with Gasteiger partial charge in [-0.3, -0.25) is 4.79 Å². The van der Waals surface area contributed by atoms with Crippen LogP contribution in [0.1, 0.15) is 24.8 Å². The molecule has 2 aromatic carbocycles. The van der Waals surface area contributed by atoms with Crippen molar-refractivity contribution in [2.45, 2.75) is 24.2 Å². The Morgan fingerprint density at radius 1 is 1.07 bits per heavy atom. The first-order chi connectivity index (χ1) is 13.9. The predicted octanol–water partition coefficient (Wildman–Crippen LogP) is 3.99. The Morgan fingerprint density at radius 2 is 1.83 bits per heavy atom. The van der Waals surface area contributed by atoms with Crippen molar-refractivity contribution < 1.29 is 13.2 Å². The van der Waals surface area contributed by atoms with Crippen molar-refractivity contribution >= 4 is 38.7 Å². The summed E-state index contributed by atoms with van der Waals surface area (Å²) in [6.07, 6.45) is 4.10. The number of benzene rings is 2. The number of fused-ring (bicyclic) bond motifs is 1. The Morgan fingerprint density at radius 3 is 2.55 bits per heavy atom. The monoisotopic (exact) mass is 427 g/mol. The molecule has 0 N–H and O–H groups in total. The fourth-order valence-electron chi connectivity index (χ4n) is 3.64. The van der Waals surface area contributed by atoms with E-state index in [0.717, 1.165) is 19.3 Å². The predicted molar refractivity (Wildman–Crippen MR) is 110 cm³/mol. The van der Waals surface area contributed by atoms with Crippen LogP contribution >= 0.6 is 11.6 Å². The van der Waals surface area contributed by atoms with Gasteiger partial charge in [0.15, 0.2) is 4.91 Å². The van der Waals surface area contributed by atoms with Crippen LogP contribution in [0.4, 0.5) is 11.4 Å². The number of likely N-dealkylation sites (tertiary alicyclic amines) is 1. The molecule has 0 bridgehead atoms. The number of rotatable bonds is 2. The highest BCUT2D eigenvalue weighted by atomic mass is 35.5. The third-order valence-electron chi connectivity index (χ3n) is 5.11. The summed E-state index contributed by atoms with van der Waals surface area (Å²) in [5.41, 5.74) is 1.35. The lowest BCUT2D eigenvalue weighted by Crippen LogP contribution is -2.39. The van der Waals surface area contributed by atoms with Crippen molar-refractivity contribution in [3.05, 3.63) is 64.2 Å². The summed E-state index contributed by atoms with van der Waals surface area (Å²) < 4.78 is 26.5. The standard InChI is InChI=1S/C21H18ClN3O3S/c22-16-7-8-19-18(12-16)25(17-6-4-5-15(11-17)13-23)14-20(29(19,27)28)21(26)24-9-2-1-3-10-24/h4-8,11-12,14H,1-3,9-10H2. The summed E-state index contributed by atoms with van der Waals surface area (Å²) in [6, 6.07) is 13.3. The van der Waals surface area contributed by atoms with Crippen molar-refractivity contribution in [3.63, 3.8) is 0 Å². The first-order valence-electron chi connectivity index (χ1n) is 9.27. The molecule has 0 saturated carbocycles. The number of nitrogens with zero attached hydrogens (tertiary/aromatic N) is 3. The molecule has 0 atom stereocenters. The lowest BCUT2D eigenvalue weighted by atomic mass is 10.1. The molecular weight excluding hydrogens is 410 g/mol. The first-order valence-corrected chi connectivity index (χ1v) is 11.1. The van der Waals surface area contributed by atoms with Crippen molar-refractivity contribution in [1.82, 2.24) is 4.90 Å². The fraction of sp³-hybridized carbons (Fsp3) is 0.238. The number of hydrogen-bond acceptors (Lipinski definition) is 5. The average molecular weight is 428 g/mol. The Hall–Kier alpha value is -2.82. The zero-order valence-electron chi connectivity index (χ0n) is 15.5. The van der Waals surface area contributed by atoms with E-state index in [4.69, 9.17) is 11.6 Å². The third-order valence-corrected chi connectivity index (χ3v) is 7.13. The van der Waals surface area contributed by atoms with E-state index in [0.29, 0.717) is 35.1 Å². The Balaban J connectivity index is 1.89. The van der Waals surface area contributed by atoms with Crippen LogP contribution in [0.3, 0.4) is 0 Å². The third kappa shape index (κ3) is 3.50. The minimum atomic E-state index is -4.00. The van der Waals surface area contributed by atoms with E-state index in [9.17, 15) is 18.5 Å². The molecule has 2 aliphatic rings. The van der Waals surface area contributed by atoms with Crippen LogP contribution in [0.15, 0.2) is 58.5 Å². The normalized spacial score (nSPS) is 17.9. The van der Waals surface area contributed by atoms with Gasteiger partial charge in [-0.25, -0.2) is 8.42 Å². The van der Waals surface area contributed by atoms with Crippen LogP contribution in [0, 0.1) is 11.3 Å². The van der Waals surface area contributed by atoms with Gasteiger partial charge < -0.3 is 9.80 Å². The minimum Gasteiger partial charge on any atom is -0.338 e. The molecule has 0 spiro atoms. The second kappa shape index (κ2) is 7.54. The van der Waals surface area contributed by atoms with Crippen LogP contribution < -0.4 is 4.90 Å². The molecule has 1 saturated heterocycles. The summed E-state index contributed by atoms with van der Waals surface area (Å²) in [4.78, 5) is 16.1. The highest BCUT2D eigenvalue weighted by Crippen LogP contribution is 2.41. The van der Waals surface area contributed by atoms with Gasteiger partial charge in [-0.15, -0.1) is 0 Å². The van der Waals surface area contributed by atoms with Gasteiger partial charge >= 0.3 is 0 Å². The maximum atomic E-state index is 13.3. The maximum Gasteiger partial charge on any atom is 0.267 e. The molecular formula is C21H18ClN3O3S. The molecule has 2 heterocycles. The van der Waals surface area contributed by atoms with Gasteiger partial charge in [-0.1, -0.05) is 17.7 Å². The number of amides is 1. The Labute approximate surface area is 174 Å². The molecule has 6 nitrogen and oxygen atoms in total. The van der Waals surface area contributed by atoms with E-state index >= 15 is 0 Å². The molecule has 1 fully saturated rings. The second-order valence-electron chi connectivity index (χ2n) is 6.99. The summed E-state index contributed by atoms with van der Waals surface area (Å²) in [5, 5.41) is 9.61. The summed E-state index contributed by atoms with van der Waals surface area (Å²) in [5.74, 6) is -0.494. The number of carbonyl (C=O) groups is 1. The molecule has 0 aliphatic carbocycles. The summed E-state index contributed by atoms with van der Waals surface area (Å²) >= 11 is 6.13. The number of sulfone groups is 1. The summed E-state index contributed by atoms with van der Waals surface area (Å²) in [6.45, 7) is 1.09. The molecule has 0 unspecified atom stereocenters. The highest BCUT2D eigenvalue weighted by molar-refractivity contribution is 7.96. The molecule has 0 aromatic heterocycles. The van der Waals surface area contributed by atoms with Crippen LogP contribution in [0.5, 0.6) is 0 Å². The zero-order valence-corrected chi connectivity index (χ0v) is 17.1. The fourth-order valence-corrected chi connectivity index (χ4v) is 5.33. The maximum absolute atomic E-state index is 13.3. The molecule has 8 heteroatoms. The lowest BCUT2D eigenvalue weighted by Gasteiger charge is -2.32. The first kappa shape index (κ1) is 19.5. The Bertz CT molecular complexity index is 1160. The van der Waals surface area contributed by atoms with Crippen molar-refractivity contribution in [1.29, 1.82) is 5.26 Å². The SMILES string of the molecule is N#Cc1cccc(N2C=C(C(=O)N3CCCCC3)S(=O)(=O)c3ccc(Cl)cc32)c1.